The molecule has 21 heavy (non-hydrogen) atoms. The van der Waals surface area contributed by atoms with Crippen molar-refractivity contribution in [2.24, 2.45) is 7.05 Å². The average Bonchev–Trinajstić information content (AvgIpc) is 2.85. The molecular formula is C16H22N2O3. The van der Waals surface area contributed by atoms with Gasteiger partial charge in [0.05, 0.1) is 24.6 Å². The van der Waals surface area contributed by atoms with Crippen molar-refractivity contribution < 1.29 is 14.6 Å². The minimum atomic E-state index is -0.530. The number of aromatic nitrogens is 2. The molecule has 1 aromatic heterocycles. The van der Waals surface area contributed by atoms with Crippen molar-refractivity contribution >= 4 is 0 Å². The van der Waals surface area contributed by atoms with Gasteiger partial charge in [0.25, 0.3) is 0 Å². The first-order valence-electron chi connectivity index (χ1n) is 7.05. The maximum absolute atomic E-state index is 9.60. The molecule has 1 atom stereocenters. The largest absolute Gasteiger partial charge is 0.493 e. The lowest BCUT2D eigenvalue weighted by atomic mass is 10.1. The maximum atomic E-state index is 9.60. The van der Waals surface area contributed by atoms with Crippen molar-refractivity contribution in [3.63, 3.8) is 0 Å². The van der Waals surface area contributed by atoms with Gasteiger partial charge in [-0.1, -0.05) is 13.0 Å². The topological polar surface area (TPSA) is 56.5 Å². The van der Waals surface area contributed by atoms with Crippen LogP contribution in [0.4, 0.5) is 0 Å². The fourth-order valence-corrected chi connectivity index (χ4v) is 2.09. The number of aliphatic hydroxyl groups is 1. The summed E-state index contributed by atoms with van der Waals surface area (Å²) in [7, 11) is 3.50. The van der Waals surface area contributed by atoms with Crippen LogP contribution in [0.1, 0.15) is 36.9 Å². The highest BCUT2D eigenvalue weighted by molar-refractivity contribution is 5.43. The van der Waals surface area contributed by atoms with Crippen molar-refractivity contribution in [1.82, 2.24) is 9.78 Å². The van der Waals surface area contributed by atoms with E-state index in [0.717, 1.165) is 23.4 Å². The summed E-state index contributed by atoms with van der Waals surface area (Å²) in [4.78, 5) is 0. The van der Waals surface area contributed by atoms with E-state index in [0.29, 0.717) is 18.1 Å². The van der Waals surface area contributed by atoms with Crippen LogP contribution in [0.15, 0.2) is 24.3 Å². The Hall–Kier alpha value is -2.01. The number of methoxy groups -OCH3 is 1. The fraction of sp³-hybridized carbons (Fsp3) is 0.438. The molecule has 5 nitrogen and oxygen atoms in total. The maximum Gasteiger partial charge on any atom is 0.161 e. The van der Waals surface area contributed by atoms with Gasteiger partial charge in [0.1, 0.15) is 6.61 Å². The lowest BCUT2D eigenvalue weighted by Gasteiger charge is -2.13. The van der Waals surface area contributed by atoms with E-state index < -0.39 is 6.10 Å². The molecule has 0 spiro atoms. The molecule has 0 bridgehead atoms. The molecule has 114 valence electrons. The van der Waals surface area contributed by atoms with Crippen LogP contribution in [0.5, 0.6) is 11.5 Å². The third-order valence-corrected chi connectivity index (χ3v) is 3.44. The number of ether oxygens (including phenoxy) is 2. The summed E-state index contributed by atoms with van der Waals surface area (Å²) in [5.41, 5.74) is 2.86. The Kier molecular flexibility index (Phi) is 4.85. The van der Waals surface area contributed by atoms with Gasteiger partial charge in [0.15, 0.2) is 11.5 Å². The second-order valence-electron chi connectivity index (χ2n) is 4.98. The lowest BCUT2D eigenvalue weighted by molar-refractivity contribution is 0.198. The van der Waals surface area contributed by atoms with E-state index in [-0.39, 0.29) is 0 Å². The number of aryl methyl sites for hydroxylation is 2. The molecule has 1 N–H and O–H groups in total. The molecule has 0 amide bonds. The molecule has 0 aliphatic carbocycles. The first-order chi connectivity index (χ1) is 10.0. The van der Waals surface area contributed by atoms with Crippen LogP contribution < -0.4 is 9.47 Å². The van der Waals surface area contributed by atoms with Crippen molar-refractivity contribution in [2.45, 2.75) is 33.0 Å². The molecule has 1 aromatic carbocycles. The molecule has 0 saturated heterocycles. The summed E-state index contributed by atoms with van der Waals surface area (Å²) in [6.07, 6.45) is 0.373. The number of nitrogens with zero attached hydrogens (tertiary/aromatic N) is 2. The van der Waals surface area contributed by atoms with Gasteiger partial charge in [-0.25, -0.2) is 0 Å². The average molecular weight is 290 g/mol. The Morgan fingerprint density at radius 1 is 1.29 bits per heavy atom. The fourth-order valence-electron chi connectivity index (χ4n) is 2.09. The number of hydrogen-bond donors (Lipinski definition) is 1. The highest BCUT2D eigenvalue weighted by Gasteiger charge is 2.10. The highest BCUT2D eigenvalue weighted by Crippen LogP contribution is 2.30. The molecule has 2 rings (SSSR count). The molecule has 5 heteroatoms. The zero-order chi connectivity index (χ0) is 15.4. The van der Waals surface area contributed by atoms with Crippen molar-refractivity contribution in [3.8, 4) is 11.5 Å². The SMILES string of the molecule is CCc1cc(COc2ccc([C@H](C)O)cc2OC)n(C)n1. The van der Waals surface area contributed by atoms with E-state index in [4.69, 9.17) is 9.47 Å². The van der Waals surface area contributed by atoms with Crippen LogP contribution in [0.2, 0.25) is 0 Å². The quantitative estimate of drug-likeness (QED) is 0.888. The monoisotopic (exact) mass is 290 g/mol. The van der Waals surface area contributed by atoms with Gasteiger partial charge >= 0.3 is 0 Å². The van der Waals surface area contributed by atoms with Crippen LogP contribution in [-0.4, -0.2) is 22.0 Å². The second-order valence-corrected chi connectivity index (χ2v) is 4.98. The summed E-state index contributed by atoms with van der Waals surface area (Å²) in [5.74, 6) is 1.27. The van der Waals surface area contributed by atoms with Crippen LogP contribution in [0.25, 0.3) is 0 Å². The van der Waals surface area contributed by atoms with E-state index in [1.54, 1.807) is 20.1 Å². The highest BCUT2D eigenvalue weighted by atomic mass is 16.5. The predicted molar refractivity (Wildman–Crippen MR) is 80.5 cm³/mol. The molecule has 0 radical (unpaired) electrons. The third kappa shape index (κ3) is 3.55. The number of rotatable bonds is 6. The first kappa shape index (κ1) is 15.4. The van der Waals surface area contributed by atoms with Gasteiger partial charge < -0.3 is 14.6 Å². The standard InChI is InChI=1S/C16H22N2O3/c1-5-13-9-14(18(3)17-13)10-21-15-7-6-12(11(2)19)8-16(15)20-4/h6-9,11,19H,5,10H2,1-4H3/t11-/m0/s1. The molecular weight excluding hydrogens is 268 g/mol. The van der Waals surface area contributed by atoms with Crippen LogP contribution in [0.3, 0.4) is 0 Å². The van der Waals surface area contributed by atoms with E-state index in [1.165, 1.54) is 0 Å². The van der Waals surface area contributed by atoms with Crippen LogP contribution in [0, 0.1) is 0 Å². The Balaban J connectivity index is 2.13. The summed E-state index contributed by atoms with van der Waals surface area (Å²) >= 11 is 0. The molecule has 1 heterocycles. The number of hydrogen-bond acceptors (Lipinski definition) is 4. The zero-order valence-corrected chi connectivity index (χ0v) is 13.0. The number of aliphatic hydroxyl groups excluding tert-OH is 1. The molecule has 0 aliphatic heterocycles. The predicted octanol–water partition coefficient (Wildman–Crippen LogP) is 2.62. The smallest absolute Gasteiger partial charge is 0.161 e. The Morgan fingerprint density at radius 2 is 2.05 bits per heavy atom. The van der Waals surface area contributed by atoms with E-state index in [2.05, 4.69) is 12.0 Å². The van der Waals surface area contributed by atoms with Gasteiger partial charge in [0.2, 0.25) is 0 Å². The molecule has 0 aliphatic rings. The third-order valence-electron chi connectivity index (χ3n) is 3.44. The molecule has 2 aromatic rings. The van der Waals surface area contributed by atoms with Gasteiger partial charge in [-0.2, -0.15) is 5.10 Å². The van der Waals surface area contributed by atoms with E-state index in [1.807, 2.05) is 29.9 Å². The Labute approximate surface area is 125 Å². The van der Waals surface area contributed by atoms with Crippen LogP contribution >= 0.6 is 0 Å². The minimum Gasteiger partial charge on any atom is -0.493 e. The first-order valence-corrected chi connectivity index (χ1v) is 7.05. The normalized spacial score (nSPS) is 12.2. The van der Waals surface area contributed by atoms with Crippen LogP contribution in [-0.2, 0) is 20.1 Å². The second kappa shape index (κ2) is 6.63. The summed E-state index contributed by atoms with van der Waals surface area (Å²) in [6.45, 7) is 4.22. The zero-order valence-electron chi connectivity index (χ0n) is 13.0. The van der Waals surface area contributed by atoms with Gasteiger partial charge in [-0.05, 0) is 37.1 Å². The molecule has 0 fully saturated rings. The Morgan fingerprint density at radius 3 is 2.62 bits per heavy atom. The molecule has 0 unspecified atom stereocenters. The van der Waals surface area contributed by atoms with Gasteiger partial charge in [0, 0.05) is 7.05 Å². The van der Waals surface area contributed by atoms with E-state index in [9.17, 15) is 5.11 Å². The van der Waals surface area contributed by atoms with E-state index >= 15 is 0 Å². The van der Waals surface area contributed by atoms with Crippen molar-refractivity contribution in [3.05, 3.63) is 41.2 Å². The summed E-state index contributed by atoms with van der Waals surface area (Å²) in [6, 6.07) is 7.48. The lowest BCUT2D eigenvalue weighted by Crippen LogP contribution is -2.04. The van der Waals surface area contributed by atoms with Gasteiger partial charge in [-0.15, -0.1) is 0 Å². The summed E-state index contributed by atoms with van der Waals surface area (Å²) < 4.78 is 13.0. The summed E-state index contributed by atoms with van der Waals surface area (Å²) in [5, 5.41) is 14.0. The Bertz CT molecular complexity index is 606. The molecule has 0 saturated carbocycles. The van der Waals surface area contributed by atoms with Gasteiger partial charge in [-0.3, -0.25) is 4.68 Å². The minimum absolute atomic E-state index is 0.424. The van der Waals surface area contributed by atoms with Crippen molar-refractivity contribution in [1.29, 1.82) is 0 Å². The van der Waals surface area contributed by atoms with Crippen molar-refractivity contribution in [2.75, 3.05) is 7.11 Å². The number of benzene rings is 1.